The van der Waals surface area contributed by atoms with Crippen LogP contribution in [0.5, 0.6) is 0 Å². The van der Waals surface area contributed by atoms with Crippen LogP contribution in [0.4, 0.5) is 0 Å². The Kier molecular flexibility index (Phi) is 80.2. The van der Waals surface area contributed by atoms with Gasteiger partial charge in [0.05, 0.1) is 6.61 Å². The molecule has 5 nitrogen and oxygen atoms in total. The van der Waals surface area contributed by atoms with Gasteiger partial charge in [0.1, 0.15) is 6.61 Å². The second kappa shape index (κ2) is 82.6. The van der Waals surface area contributed by atoms with E-state index in [0.717, 1.165) is 70.6 Å². The first-order valence-corrected chi connectivity index (χ1v) is 41.5. The van der Waals surface area contributed by atoms with Crippen molar-refractivity contribution >= 4 is 11.9 Å². The monoisotopic (exact) mass is 1290 g/mol. The molecule has 0 bridgehead atoms. The molecule has 1 unspecified atom stereocenters. The zero-order valence-electron chi connectivity index (χ0n) is 62.1. The molecule has 0 radical (unpaired) electrons. The highest BCUT2D eigenvalue weighted by Crippen LogP contribution is 2.20. The fourth-order valence-electron chi connectivity index (χ4n) is 12.9. The number of aliphatic hydroxyl groups excluding tert-OH is 1. The fraction of sp³-hybridized carbons (Fsp3) is 0.839. The molecule has 5 heteroatoms. The molecule has 0 amide bonds. The molecular weight excluding hydrogens is 1120 g/mol. The van der Waals surface area contributed by atoms with Crippen LogP contribution < -0.4 is 0 Å². The van der Waals surface area contributed by atoms with E-state index >= 15 is 0 Å². The summed E-state index contributed by atoms with van der Waals surface area (Å²) in [4.78, 5) is 24.7. The van der Waals surface area contributed by atoms with Crippen LogP contribution in [-0.4, -0.2) is 36.4 Å². The maximum absolute atomic E-state index is 12.4. The average molecular weight is 1290 g/mol. The highest BCUT2D eigenvalue weighted by molar-refractivity contribution is 5.70. The van der Waals surface area contributed by atoms with Crippen molar-refractivity contribution in [1.82, 2.24) is 0 Å². The van der Waals surface area contributed by atoms with Gasteiger partial charge in [-0.3, -0.25) is 9.59 Å². The zero-order chi connectivity index (χ0) is 66.1. The Bertz CT molecular complexity index is 1600. The molecule has 0 aromatic carbocycles. The first-order valence-electron chi connectivity index (χ1n) is 41.5. The summed E-state index contributed by atoms with van der Waals surface area (Å²) in [5, 5.41) is 9.74. The second-order valence-corrected chi connectivity index (χ2v) is 28.2. The van der Waals surface area contributed by atoms with Gasteiger partial charge in [-0.1, -0.05) is 446 Å². The lowest BCUT2D eigenvalue weighted by Gasteiger charge is -2.15. The van der Waals surface area contributed by atoms with Gasteiger partial charge < -0.3 is 14.6 Å². The summed E-state index contributed by atoms with van der Waals surface area (Å²) < 4.78 is 10.8. The molecule has 1 N–H and O–H groups in total. The number of ether oxygens (including phenoxy) is 2. The van der Waals surface area contributed by atoms with Gasteiger partial charge in [-0.25, -0.2) is 0 Å². The van der Waals surface area contributed by atoms with Gasteiger partial charge in [0.2, 0.25) is 0 Å². The summed E-state index contributed by atoms with van der Waals surface area (Å²) in [6, 6.07) is 0. The number of esters is 2. The van der Waals surface area contributed by atoms with E-state index in [4.69, 9.17) is 9.47 Å². The zero-order valence-corrected chi connectivity index (χ0v) is 62.1. The predicted molar refractivity (Wildman–Crippen MR) is 408 cm³/mol. The number of hydrogen-bond acceptors (Lipinski definition) is 5. The van der Waals surface area contributed by atoms with Crippen molar-refractivity contribution < 1.29 is 24.2 Å². The molecule has 0 saturated heterocycles. The van der Waals surface area contributed by atoms with E-state index in [-0.39, 0.29) is 25.2 Å². The third-order valence-corrected chi connectivity index (χ3v) is 19.0. The molecule has 92 heavy (non-hydrogen) atoms. The quantitative estimate of drug-likeness (QED) is 0.0373. The van der Waals surface area contributed by atoms with Gasteiger partial charge in [-0.15, -0.1) is 0 Å². The molecule has 0 heterocycles. The number of aliphatic hydroxyl groups is 1. The third-order valence-electron chi connectivity index (χ3n) is 19.0. The van der Waals surface area contributed by atoms with Gasteiger partial charge in [-0.05, 0) is 64.2 Å². The first-order chi connectivity index (χ1) is 45.6. The number of rotatable bonds is 78. The lowest BCUT2D eigenvalue weighted by Crippen LogP contribution is -2.28. The number of carbonyl (C=O) groups is 2. The maximum Gasteiger partial charge on any atom is 0.306 e. The number of hydrogen-bond donors (Lipinski definition) is 1. The van der Waals surface area contributed by atoms with Gasteiger partial charge in [0.25, 0.3) is 0 Å². The summed E-state index contributed by atoms with van der Waals surface area (Å²) in [6.07, 6.45) is 116. The van der Waals surface area contributed by atoms with E-state index < -0.39 is 6.10 Å². The summed E-state index contributed by atoms with van der Waals surface area (Å²) in [5.41, 5.74) is 0. The van der Waals surface area contributed by atoms with Gasteiger partial charge >= 0.3 is 11.9 Å². The minimum Gasteiger partial charge on any atom is -0.462 e. The van der Waals surface area contributed by atoms with Crippen LogP contribution in [0.2, 0.25) is 0 Å². The molecule has 0 fully saturated rings. The van der Waals surface area contributed by atoms with E-state index in [1.165, 1.54) is 353 Å². The topological polar surface area (TPSA) is 72.8 Å². The number of carbonyl (C=O) groups excluding carboxylic acids is 2. The van der Waals surface area contributed by atoms with Gasteiger partial charge in [0, 0.05) is 12.8 Å². The Hall–Kier alpha value is -2.66. The van der Waals surface area contributed by atoms with Crippen molar-refractivity contribution in [3.05, 3.63) is 72.9 Å². The normalized spacial score (nSPS) is 12.5. The standard InChI is InChI=1S/C87H160O5/c1-3-5-7-9-11-13-15-17-19-21-23-25-27-29-31-33-35-37-39-41-43-45-47-49-51-53-55-57-59-61-63-65-67-69-71-73-75-77-79-81-86(89)91-84-85(83-88)92-87(90)82-80-78-76-74-72-70-68-66-64-62-60-58-56-54-52-50-48-46-44-42-40-38-36-34-32-30-28-26-24-22-20-18-16-14-12-10-8-6-4-2/h6,8,12,14,18,20,24,26,30,32,36,38,85,88H,3-5,7,9-11,13,15-17,19,21-23,25,27-29,31,33-35,37,39-84H2,1-2H3/b8-6-,14-12-,20-18-,26-24-,32-30-,38-36-. The third kappa shape index (κ3) is 79.8. The van der Waals surface area contributed by atoms with E-state index in [9.17, 15) is 14.7 Å². The average Bonchev–Trinajstić information content (AvgIpc) is 3.75. The highest BCUT2D eigenvalue weighted by Gasteiger charge is 2.16. The van der Waals surface area contributed by atoms with Crippen molar-refractivity contribution in [2.45, 2.75) is 457 Å². The van der Waals surface area contributed by atoms with Crippen LogP contribution in [0.1, 0.15) is 450 Å². The highest BCUT2D eigenvalue weighted by atomic mass is 16.6. The van der Waals surface area contributed by atoms with Crippen molar-refractivity contribution in [3.8, 4) is 0 Å². The Morgan fingerprint density at radius 2 is 0.467 bits per heavy atom. The predicted octanol–water partition coefficient (Wildman–Crippen LogP) is 29.3. The van der Waals surface area contributed by atoms with Crippen molar-refractivity contribution in [2.75, 3.05) is 13.2 Å². The van der Waals surface area contributed by atoms with Crippen LogP contribution in [0.25, 0.3) is 0 Å². The second-order valence-electron chi connectivity index (χ2n) is 28.2. The van der Waals surface area contributed by atoms with E-state index in [2.05, 4.69) is 86.8 Å². The molecule has 0 aromatic rings. The summed E-state index contributed by atoms with van der Waals surface area (Å²) in [6.45, 7) is 4.09. The maximum atomic E-state index is 12.4. The molecule has 0 saturated carbocycles. The van der Waals surface area contributed by atoms with E-state index in [1.54, 1.807) is 0 Å². The molecule has 0 aliphatic rings. The minimum absolute atomic E-state index is 0.0602. The molecule has 1 atom stereocenters. The number of allylic oxidation sites excluding steroid dienone is 12. The Morgan fingerprint density at radius 1 is 0.261 bits per heavy atom. The molecule has 0 spiro atoms. The van der Waals surface area contributed by atoms with Crippen molar-refractivity contribution in [1.29, 1.82) is 0 Å². The summed E-state index contributed by atoms with van der Waals surface area (Å²) >= 11 is 0. The van der Waals surface area contributed by atoms with Gasteiger partial charge in [-0.2, -0.15) is 0 Å². The molecule has 0 aliphatic heterocycles. The summed E-state index contributed by atoms with van der Waals surface area (Å²) in [7, 11) is 0. The molecule has 0 aromatic heterocycles. The lowest BCUT2D eigenvalue weighted by molar-refractivity contribution is -0.161. The van der Waals surface area contributed by atoms with E-state index in [0.29, 0.717) is 12.8 Å². The first kappa shape index (κ1) is 89.3. The van der Waals surface area contributed by atoms with Crippen molar-refractivity contribution in [3.63, 3.8) is 0 Å². The lowest BCUT2D eigenvalue weighted by atomic mass is 10.0. The van der Waals surface area contributed by atoms with Crippen molar-refractivity contribution in [2.24, 2.45) is 0 Å². The summed E-state index contributed by atoms with van der Waals surface area (Å²) in [5.74, 6) is -0.565. The van der Waals surface area contributed by atoms with Gasteiger partial charge in [0.15, 0.2) is 6.10 Å². The minimum atomic E-state index is -0.772. The van der Waals surface area contributed by atoms with E-state index in [1.807, 2.05) is 0 Å². The molecule has 0 aliphatic carbocycles. The Morgan fingerprint density at radius 3 is 0.707 bits per heavy atom. The largest absolute Gasteiger partial charge is 0.462 e. The van der Waals surface area contributed by atoms with Crippen LogP contribution in [0.15, 0.2) is 72.9 Å². The molecule has 0 rings (SSSR count). The molecule has 538 valence electrons. The Labute approximate surface area is 575 Å². The fourth-order valence-corrected chi connectivity index (χ4v) is 12.9. The smallest absolute Gasteiger partial charge is 0.306 e. The number of unbranched alkanes of at least 4 members (excludes halogenated alkanes) is 58. The van der Waals surface area contributed by atoms with Crippen LogP contribution in [-0.2, 0) is 19.1 Å². The molecular formula is C87H160O5. The Balaban J connectivity index is 3.37. The van der Waals surface area contributed by atoms with Crippen LogP contribution in [0.3, 0.4) is 0 Å². The SMILES string of the molecule is CC/C=C\C/C=C\C/C=C\C/C=C\C/C=C\C/C=C\CCCCCCCCCCCCCCCCCCCCCCC(=O)OC(CO)COC(=O)CCCCCCCCCCCCCCCCCCCCCCCCCCCCCCCCCCCCCCCCC. The van der Waals surface area contributed by atoms with Crippen LogP contribution in [0, 0.1) is 0 Å². The van der Waals surface area contributed by atoms with Crippen LogP contribution >= 0.6 is 0 Å².